The quantitative estimate of drug-likeness (QED) is 0.700. The van der Waals surface area contributed by atoms with Crippen molar-refractivity contribution in [3.05, 3.63) is 89.5 Å². The summed E-state index contributed by atoms with van der Waals surface area (Å²) in [6.07, 6.45) is 4.51. The van der Waals surface area contributed by atoms with E-state index in [-0.39, 0.29) is 11.3 Å². The minimum Gasteiger partial charge on any atom is -0.355 e. The Morgan fingerprint density at radius 1 is 1.07 bits per heavy atom. The van der Waals surface area contributed by atoms with Crippen molar-refractivity contribution >= 4 is 5.91 Å². The number of imidazole rings is 1. The predicted octanol–water partition coefficient (Wildman–Crippen LogP) is 3.63. The molecule has 0 bridgehead atoms. The third-order valence-electron chi connectivity index (χ3n) is 5.47. The highest BCUT2D eigenvalue weighted by molar-refractivity contribution is 5.91. The molecule has 138 valence electrons. The van der Waals surface area contributed by atoms with Gasteiger partial charge in [0.05, 0.1) is 5.41 Å². The maximum absolute atomic E-state index is 12.8. The van der Waals surface area contributed by atoms with E-state index >= 15 is 0 Å². The SMILES string of the molecule is Cc1cnc(CCNC(=O)C2(c3ccccc3)CC2)n1Cc1ccccc1. The Morgan fingerprint density at radius 3 is 2.41 bits per heavy atom. The molecule has 0 spiro atoms. The van der Waals surface area contributed by atoms with Crippen molar-refractivity contribution in [1.29, 1.82) is 0 Å². The number of nitrogens with one attached hydrogen (secondary N) is 1. The summed E-state index contributed by atoms with van der Waals surface area (Å²) in [5.74, 6) is 1.16. The second-order valence-corrected chi connectivity index (χ2v) is 7.34. The molecule has 0 aliphatic heterocycles. The maximum atomic E-state index is 12.8. The fraction of sp³-hybridized carbons (Fsp3) is 0.304. The number of nitrogens with zero attached hydrogens (tertiary/aromatic N) is 2. The maximum Gasteiger partial charge on any atom is 0.230 e. The molecule has 4 rings (SSSR count). The molecule has 1 fully saturated rings. The van der Waals surface area contributed by atoms with Gasteiger partial charge in [0.25, 0.3) is 0 Å². The molecular formula is C23H25N3O. The molecule has 0 radical (unpaired) electrons. The Hall–Kier alpha value is -2.88. The number of benzene rings is 2. The Kier molecular flexibility index (Phi) is 4.80. The number of carbonyl (C=O) groups excluding carboxylic acids is 1. The number of aryl methyl sites for hydroxylation is 1. The fourth-order valence-corrected chi connectivity index (χ4v) is 3.68. The highest BCUT2D eigenvalue weighted by Crippen LogP contribution is 2.48. The van der Waals surface area contributed by atoms with Crippen molar-refractivity contribution in [3.8, 4) is 0 Å². The molecule has 4 nitrogen and oxygen atoms in total. The van der Waals surface area contributed by atoms with E-state index in [1.54, 1.807) is 0 Å². The zero-order valence-electron chi connectivity index (χ0n) is 15.7. The number of hydrogen-bond donors (Lipinski definition) is 1. The first-order chi connectivity index (χ1) is 13.2. The normalized spacial score (nSPS) is 14.7. The monoisotopic (exact) mass is 359 g/mol. The summed E-state index contributed by atoms with van der Waals surface area (Å²) in [5.41, 5.74) is 3.22. The van der Waals surface area contributed by atoms with E-state index < -0.39 is 0 Å². The van der Waals surface area contributed by atoms with Crippen molar-refractivity contribution in [1.82, 2.24) is 14.9 Å². The van der Waals surface area contributed by atoms with Crippen LogP contribution in [0.4, 0.5) is 0 Å². The van der Waals surface area contributed by atoms with Gasteiger partial charge in [-0.1, -0.05) is 60.7 Å². The summed E-state index contributed by atoms with van der Waals surface area (Å²) < 4.78 is 2.23. The highest BCUT2D eigenvalue weighted by atomic mass is 16.2. The molecule has 1 aromatic heterocycles. The van der Waals surface area contributed by atoms with Crippen LogP contribution in [0.2, 0.25) is 0 Å². The van der Waals surface area contributed by atoms with Gasteiger partial charge in [0.15, 0.2) is 0 Å². The van der Waals surface area contributed by atoms with Crippen LogP contribution in [0.25, 0.3) is 0 Å². The van der Waals surface area contributed by atoms with E-state index in [0.717, 1.165) is 42.9 Å². The Bertz CT molecular complexity index is 911. The average molecular weight is 359 g/mol. The van der Waals surface area contributed by atoms with E-state index in [1.165, 1.54) is 5.56 Å². The van der Waals surface area contributed by atoms with Gasteiger partial charge in [-0.05, 0) is 30.9 Å². The van der Waals surface area contributed by atoms with E-state index in [4.69, 9.17) is 0 Å². The number of amides is 1. The van der Waals surface area contributed by atoms with Gasteiger partial charge in [0.2, 0.25) is 5.91 Å². The lowest BCUT2D eigenvalue weighted by molar-refractivity contribution is -0.123. The standard InChI is InChI=1S/C23H25N3O/c1-18-16-25-21(26(18)17-19-8-4-2-5-9-19)12-15-24-22(27)23(13-14-23)20-10-6-3-7-11-20/h2-11,16H,12-15,17H2,1H3,(H,24,27). The summed E-state index contributed by atoms with van der Waals surface area (Å²) in [6, 6.07) is 20.5. The molecule has 0 saturated heterocycles. The minimum atomic E-state index is -0.309. The van der Waals surface area contributed by atoms with Gasteiger partial charge in [-0.15, -0.1) is 0 Å². The smallest absolute Gasteiger partial charge is 0.230 e. The molecule has 1 heterocycles. The van der Waals surface area contributed by atoms with Crippen LogP contribution < -0.4 is 5.32 Å². The molecular weight excluding hydrogens is 334 g/mol. The zero-order chi connectivity index (χ0) is 18.7. The summed E-state index contributed by atoms with van der Waals surface area (Å²) in [7, 11) is 0. The van der Waals surface area contributed by atoms with Gasteiger partial charge >= 0.3 is 0 Å². The average Bonchev–Trinajstić information content (AvgIpc) is 3.46. The molecule has 1 aliphatic rings. The fourth-order valence-electron chi connectivity index (χ4n) is 3.68. The molecule has 1 aliphatic carbocycles. The molecule has 2 aromatic carbocycles. The van der Waals surface area contributed by atoms with Crippen LogP contribution >= 0.6 is 0 Å². The van der Waals surface area contributed by atoms with Gasteiger partial charge in [-0.2, -0.15) is 0 Å². The topological polar surface area (TPSA) is 46.9 Å². The van der Waals surface area contributed by atoms with Crippen LogP contribution in [0.3, 0.4) is 0 Å². The van der Waals surface area contributed by atoms with Crippen LogP contribution in [0.15, 0.2) is 66.9 Å². The summed E-state index contributed by atoms with van der Waals surface area (Å²) >= 11 is 0. The van der Waals surface area contributed by atoms with Crippen molar-refractivity contribution in [2.24, 2.45) is 0 Å². The molecule has 27 heavy (non-hydrogen) atoms. The van der Waals surface area contributed by atoms with Crippen LogP contribution in [0, 0.1) is 6.92 Å². The highest BCUT2D eigenvalue weighted by Gasteiger charge is 2.50. The second-order valence-electron chi connectivity index (χ2n) is 7.34. The Morgan fingerprint density at radius 2 is 1.74 bits per heavy atom. The minimum absolute atomic E-state index is 0.145. The van der Waals surface area contributed by atoms with E-state index in [2.05, 4.69) is 58.2 Å². The van der Waals surface area contributed by atoms with Crippen molar-refractivity contribution in [2.45, 2.75) is 38.1 Å². The third-order valence-corrected chi connectivity index (χ3v) is 5.47. The van der Waals surface area contributed by atoms with Gasteiger partial charge in [0.1, 0.15) is 5.82 Å². The molecule has 1 amide bonds. The van der Waals surface area contributed by atoms with Crippen LogP contribution in [-0.4, -0.2) is 22.0 Å². The van der Waals surface area contributed by atoms with Crippen molar-refractivity contribution in [3.63, 3.8) is 0 Å². The van der Waals surface area contributed by atoms with E-state index in [9.17, 15) is 4.79 Å². The third kappa shape index (κ3) is 3.65. The Balaban J connectivity index is 1.38. The lowest BCUT2D eigenvalue weighted by Crippen LogP contribution is -2.36. The van der Waals surface area contributed by atoms with E-state index in [0.29, 0.717) is 6.54 Å². The number of carbonyl (C=O) groups is 1. The number of rotatable bonds is 7. The molecule has 0 unspecified atom stereocenters. The van der Waals surface area contributed by atoms with Gasteiger partial charge in [0, 0.05) is 31.4 Å². The van der Waals surface area contributed by atoms with Gasteiger partial charge < -0.3 is 9.88 Å². The van der Waals surface area contributed by atoms with Crippen LogP contribution in [0.1, 0.15) is 35.5 Å². The molecule has 4 heteroatoms. The molecule has 1 N–H and O–H groups in total. The first kappa shape index (κ1) is 17.5. The van der Waals surface area contributed by atoms with Crippen LogP contribution in [-0.2, 0) is 23.2 Å². The number of aromatic nitrogens is 2. The Labute approximate surface area is 160 Å². The van der Waals surface area contributed by atoms with Gasteiger partial charge in [-0.25, -0.2) is 4.98 Å². The first-order valence-corrected chi connectivity index (χ1v) is 9.58. The summed E-state index contributed by atoms with van der Waals surface area (Å²) in [5, 5.41) is 3.14. The van der Waals surface area contributed by atoms with Crippen LogP contribution in [0.5, 0.6) is 0 Å². The summed E-state index contributed by atoms with van der Waals surface area (Å²) in [4.78, 5) is 17.3. The lowest BCUT2D eigenvalue weighted by Gasteiger charge is -2.16. The molecule has 3 aromatic rings. The second kappa shape index (κ2) is 7.39. The molecule has 1 saturated carbocycles. The predicted molar refractivity (Wildman–Crippen MR) is 107 cm³/mol. The summed E-state index contributed by atoms with van der Waals surface area (Å²) in [6.45, 7) is 3.50. The lowest BCUT2D eigenvalue weighted by atomic mass is 9.95. The van der Waals surface area contributed by atoms with Crippen molar-refractivity contribution in [2.75, 3.05) is 6.54 Å². The van der Waals surface area contributed by atoms with Gasteiger partial charge in [-0.3, -0.25) is 4.79 Å². The molecule has 0 atom stereocenters. The number of hydrogen-bond acceptors (Lipinski definition) is 2. The zero-order valence-corrected chi connectivity index (χ0v) is 15.7. The van der Waals surface area contributed by atoms with E-state index in [1.807, 2.05) is 30.5 Å². The first-order valence-electron chi connectivity index (χ1n) is 9.58. The van der Waals surface area contributed by atoms with Crippen molar-refractivity contribution < 1.29 is 4.79 Å². The largest absolute Gasteiger partial charge is 0.355 e.